The van der Waals surface area contributed by atoms with Crippen molar-refractivity contribution < 1.29 is 9.13 Å². The van der Waals surface area contributed by atoms with Crippen LogP contribution in [0.1, 0.15) is 6.92 Å². The van der Waals surface area contributed by atoms with E-state index in [1.807, 2.05) is 49.4 Å². The van der Waals surface area contributed by atoms with Crippen LogP contribution in [-0.2, 0) is 0 Å². The zero-order valence-corrected chi connectivity index (χ0v) is 13.8. The van der Waals surface area contributed by atoms with Crippen molar-refractivity contribution in [1.82, 2.24) is 0 Å². The first-order valence-corrected chi connectivity index (χ1v) is 8.95. The summed E-state index contributed by atoms with van der Waals surface area (Å²) in [6.45, 7) is 2.43. The Kier molecular flexibility index (Phi) is 5.05. The van der Waals surface area contributed by atoms with E-state index < -0.39 is 7.92 Å². The van der Waals surface area contributed by atoms with Gasteiger partial charge in [0.25, 0.3) is 0 Å². The van der Waals surface area contributed by atoms with Crippen LogP contribution in [0.25, 0.3) is 0 Å². The lowest BCUT2D eigenvalue weighted by atomic mass is 10.3. The number of rotatable bonds is 5. The fourth-order valence-corrected chi connectivity index (χ4v) is 4.87. The Morgan fingerprint density at radius 2 is 1.35 bits per heavy atom. The van der Waals surface area contributed by atoms with Crippen LogP contribution in [0.4, 0.5) is 4.39 Å². The molecule has 0 aliphatic rings. The van der Waals surface area contributed by atoms with Crippen molar-refractivity contribution in [3.8, 4) is 5.75 Å². The molecule has 0 saturated carbocycles. The van der Waals surface area contributed by atoms with Crippen molar-refractivity contribution >= 4 is 23.8 Å². The molecular weight excluding hydrogens is 306 g/mol. The molecule has 0 bridgehead atoms. The largest absolute Gasteiger partial charge is 0.494 e. The van der Waals surface area contributed by atoms with E-state index in [0.29, 0.717) is 12.4 Å². The molecule has 3 aromatic carbocycles. The highest BCUT2D eigenvalue weighted by Gasteiger charge is 2.17. The molecule has 0 aliphatic carbocycles. The molecule has 3 aromatic rings. The second-order valence-corrected chi connectivity index (χ2v) is 7.30. The van der Waals surface area contributed by atoms with Crippen LogP contribution in [0.5, 0.6) is 5.75 Å². The van der Waals surface area contributed by atoms with Crippen molar-refractivity contribution in [2.75, 3.05) is 6.61 Å². The Hall–Kier alpha value is -2.18. The first-order valence-electron chi connectivity index (χ1n) is 7.61. The van der Waals surface area contributed by atoms with Gasteiger partial charge in [-0.15, -0.1) is 0 Å². The molecule has 0 amide bonds. The van der Waals surface area contributed by atoms with Crippen LogP contribution >= 0.6 is 7.92 Å². The van der Waals surface area contributed by atoms with Gasteiger partial charge in [-0.25, -0.2) is 4.39 Å². The van der Waals surface area contributed by atoms with E-state index in [-0.39, 0.29) is 5.82 Å². The summed E-state index contributed by atoms with van der Waals surface area (Å²) in [5.74, 6) is 0.326. The summed E-state index contributed by atoms with van der Waals surface area (Å²) in [6.07, 6.45) is 0. The zero-order valence-electron chi connectivity index (χ0n) is 12.9. The number of ether oxygens (including phenoxy) is 1. The lowest BCUT2D eigenvalue weighted by Crippen LogP contribution is -2.21. The predicted molar refractivity (Wildman–Crippen MR) is 96.3 cm³/mol. The van der Waals surface area contributed by atoms with Crippen molar-refractivity contribution in [2.45, 2.75) is 6.92 Å². The minimum Gasteiger partial charge on any atom is -0.494 e. The average molecular weight is 324 g/mol. The normalized spacial score (nSPS) is 10.7. The summed E-state index contributed by atoms with van der Waals surface area (Å²) in [5, 5.41) is 3.35. The summed E-state index contributed by atoms with van der Waals surface area (Å²) < 4.78 is 19.6. The molecule has 0 aliphatic heterocycles. The van der Waals surface area contributed by atoms with E-state index >= 15 is 0 Å². The smallest absolute Gasteiger partial charge is 0.127 e. The van der Waals surface area contributed by atoms with Crippen LogP contribution in [0.2, 0.25) is 0 Å². The molecule has 0 N–H and O–H groups in total. The number of hydrogen-bond acceptors (Lipinski definition) is 1. The maximum Gasteiger partial charge on any atom is 0.127 e. The molecule has 0 unspecified atom stereocenters. The minimum absolute atomic E-state index is 0.259. The van der Waals surface area contributed by atoms with Gasteiger partial charge < -0.3 is 4.74 Å². The fraction of sp³-hybridized carbons (Fsp3) is 0.100. The molecule has 0 aromatic heterocycles. The van der Waals surface area contributed by atoms with Crippen molar-refractivity contribution in [3.63, 3.8) is 0 Å². The van der Waals surface area contributed by atoms with Gasteiger partial charge in [0, 0.05) is 6.07 Å². The van der Waals surface area contributed by atoms with Crippen LogP contribution < -0.4 is 20.7 Å². The fourth-order valence-electron chi connectivity index (χ4n) is 2.53. The molecule has 0 fully saturated rings. The second kappa shape index (κ2) is 7.39. The Morgan fingerprint density at radius 1 is 0.783 bits per heavy atom. The number of hydrogen-bond donors (Lipinski definition) is 0. The van der Waals surface area contributed by atoms with Gasteiger partial charge in [0.15, 0.2) is 0 Å². The molecule has 3 rings (SSSR count). The molecule has 0 heterocycles. The third-order valence-electron chi connectivity index (χ3n) is 3.45. The molecule has 0 atom stereocenters. The third-order valence-corrected chi connectivity index (χ3v) is 5.86. The first-order chi connectivity index (χ1) is 11.3. The van der Waals surface area contributed by atoms with E-state index in [4.69, 9.17) is 4.74 Å². The van der Waals surface area contributed by atoms with Gasteiger partial charge in [-0.2, -0.15) is 0 Å². The van der Waals surface area contributed by atoms with Crippen LogP contribution in [0.3, 0.4) is 0 Å². The van der Waals surface area contributed by atoms with Crippen molar-refractivity contribution in [3.05, 3.63) is 84.7 Å². The van der Waals surface area contributed by atoms with E-state index in [1.165, 1.54) is 16.7 Å². The number of benzene rings is 3. The summed E-state index contributed by atoms with van der Waals surface area (Å²) in [5.41, 5.74) is 0. The Balaban J connectivity index is 2.13. The topological polar surface area (TPSA) is 9.23 Å². The molecule has 1 nitrogen and oxygen atoms in total. The van der Waals surface area contributed by atoms with E-state index in [1.54, 1.807) is 6.07 Å². The lowest BCUT2D eigenvalue weighted by Gasteiger charge is -2.20. The van der Waals surface area contributed by atoms with Gasteiger partial charge in [0.1, 0.15) is 11.6 Å². The molecule has 0 saturated heterocycles. The SMILES string of the molecule is CCOc1cc(F)cc(P(c2ccccc2)c2ccccc2)c1. The Labute approximate surface area is 137 Å². The summed E-state index contributed by atoms with van der Waals surface area (Å²) in [4.78, 5) is 0. The second-order valence-electron chi connectivity index (χ2n) is 5.08. The quantitative estimate of drug-likeness (QED) is 0.645. The van der Waals surface area contributed by atoms with Gasteiger partial charge >= 0.3 is 0 Å². The molecular formula is C20H18FOP. The first kappa shape index (κ1) is 15.7. The van der Waals surface area contributed by atoms with Gasteiger partial charge in [-0.1, -0.05) is 60.7 Å². The van der Waals surface area contributed by atoms with Crippen molar-refractivity contribution in [1.29, 1.82) is 0 Å². The van der Waals surface area contributed by atoms with E-state index in [2.05, 4.69) is 24.3 Å². The predicted octanol–water partition coefficient (Wildman–Crippen LogP) is 3.98. The average Bonchev–Trinajstić information content (AvgIpc) is 2.57. The Bertz CT molecular complexity index is 720. The third kappa shape index (κ3) is 3.78. The maximum atomic E-state index is 14.1. The highest BCUT2D eigenvalue weighted by Crippen LogP contribution is 2.34. The summed E-state index contributed by atoms with van der Waals surface area (Å²) in [7, 11) is -0.809. The van der Waals surface area contributed by atoms with Gasteiger partial charge in [-0.3, -0.25) is 0 Å². The zero-order chi connectivity index (χ0) is 16.1. The highest BCUT2D eigenvalue weighted by molar-refractivity contribution is 7.79. The molecule has 116 valence electrons. The standard InChI is InChI=1S/C20H18FOP/c1-2-22-17-13-16(21)14-20(15-17)23(18-9-5-3-6-10-18)19-11-7-4-8-12-19/h3-15H,2H2,1H3. The molecule has 3 heteroatoms. The summed E-state index contributed by atoms with van der Waals surface area (Å²) >= 11 is 0. The molecule has 0 radical (unpaired) electrons. The minimum atomic E-state index is -0.809. The Morgan fingerprint density at radius 3 is 1.87 bits per heavy atom. The molecule has 23 heavy (non-hydrogen) atoms. The van der Waals surface area contributed by atoms with E-state index in [9.17, 15) is 4.39 Å². The van der Waals surface area contributed by atoms with Gasteiger partial charge in [0.05, 0.1) is 6.61 Å². The van der Waals surface area contributed by atoms with Crippen LogP contribution in [-0.4, -0.2) is 6.61 Å². The number of halogens is 1. The van der Waals surface area contributed by atoms with Crippen molar-refractivity contribution in [2.24, 2.45) is 0 Å². The highest BCUT2D eigenvalue weighted by atomic mass is 31.1. The van der Waals surface area contributed by atoms with Gasteiger partial charge in [0.2, 0.25) is 0 Å². The van der Waals surface area contributed by atoms with Crippen LogP contribution in [0.15, 0.2) is 78.9 Å². The lowest BCUT2D eigenvalue weighted by molar-refractivity contribution is 0.338. The van der Waals surface area contributed by atoms with Crippen LogP contribution in [0, 0.1) is 5.82 Å². The maximum absolute atomic E-state index is 14.1. The van der Waals surface area contributed by atoms with Gasteiger partial charge in [-0.05, 0) is 42.9 Å². The summed E-state index contributed by atoms with van der Waals surface area (Å²) in [6, 6.07) is 25.5. The monoisotopic (exact) mass is 324 g/mol. The van der Waals surface area contributed by atoms with E-state index in [0.717, 1.165) is 5.30 Å². The molecule has 0 spiro atoms.